The van der Waals surface area contributed by atoms with Crippen LogP contribution in [0.3, 0.4) is 0 Å². The number of carbonyl (C=O) groups excluding carboxylic acids is 1. The van der Waals surface area contributed by atoms with Crippen LogP contribution >= 0.6 is 12.4 Å². The Morgan fingerprint density at radius 1 is 1.76 bits per heavy atom. The summed E-state index contributed by atoms with van der Waals surface area (Å²) in [4.78, 5) is 13.6. The number of anilines is 1. The van der Waals surface area contributed by atoms with Gasteiger partial charge in [-0.3, -0.25) is 15.0 Å². The summed E-state index contributed by atoms with van der Waals surface area (Å²) in [5.74, 6) is 0.302. The summed E-state index contributed by atoms with van der Waals surface area (Å²) in [5, 5.41) is 6.34. The molecule has 0 bridgehead atoms. The van der Waals surface area contributed by atoms with E-state index in [0.29, 0.717) is 12.4 Å². The molecule has 1 atom stereocenters. The zero-order valence-electron chi connectivity index (χ0n) is 9.68. The van der Waals surface area contributed by atoms with Crippen molar-refractivity contribution in [3.05, 3.63) is 11.8 Å². The molecule has 0 aliphatic carbocycles. The smallest absolute Gasteiger partial charge is 0.240 e. The lowest BCUT2D eigenvalue weighted by Gasteiger charge is -2.13. The number of aromatic nitrogens is 1. The number of hydrogen-bond acceptors (Lipinski definition) is 5. The molecular weight excluding hydrogens is 244 g/mol. The Kier molecular flexibility index (Phi) is 4.92. The van der Waals surface area contributed by atoms with E-state index in [2.05, 4.69) is 10.5 Å². The fourth-order valence-corrected chi connectivity index (χ4v) is 1.81. The second kappa shape index (κ2) is 6.00. The van der Waals surface area contributed by atoms with Crippen molar-refractivity contribution in [1.29, 1.82) is 0 Å². The third-order valence-electron chi connectivity index (χ3n) is 2.57. The van der Waals surface area contributed by atoms with E-state index < -0.39 is 0 Å². The normalized spacial score (nSPS) is 20.0. The maximum atomic E-state index is 11.6. The molecular formula is C10H17ClN4O2. The van der Waals surface area contributed by atoms with Gasteiger partial charge in [-0.1, -0.05) is 5.16 Å². The Morgan fingerprint density at radius 2 is 2.53 bits per heavy atom. The van der Waals surface area contributed by atoms with Gasteiger partial charge in [-0.05, 0) is 13.3 Å². The number of nitrogens with two attached hydrogens (primary N) is 1. The topological polar surface area (TPSA) is 84.4 Å². The van der Waals surface area contributed by atoms with Gasteiger partial charge in [0, 0.05) is 25.2 Å². The van der Waals surface area contributed by atoms with Crippen molar-refractivity contribution in [3.63, 3.8) is 0 Å². The van der Waals surface area contributed by atoms with E-state index in [1.54, 1.807) is 13.0 Å². The van der Waals surface area contributed by atoms with Gasteiger partial charge in [0.05, 0.1) is 12.2 Å². The van der Waals surface area contributed by atoms with E-state index >= 15 is 0 Å². The van der Waals surface area contributed by atoms with Crippen molar-refractivity contribution in [2.45, 2.75) is 19.4 Å². The number of aryl methyl sites for hydroxylation is 1. The van der Waals surface area contributed by atoms with Gasteiger partial charge in [-0.15, -0.1) is 12.4 Å². The number of amides is 1. The van der Waals surface area contributed by atoms with Crippen LogP contribution in [0.25, 0.3) is 0 Å². The molecule has 0 radical (unpaired) electrons. The zero-order chi connectivity index (χ0) is 11.5. The van der Waals surface area contributed by atoms with Crippen LogP contribution in [0.5, 0.6) is 0 Å². The number of nitrogens with one attached hydrogen (secondary N) is 1. The summed E-state index contributed by atoms with van der Waals surface area (Å²) < 4.78 is 4.90. The first-order valence-electron chi connectivity index (χ1n) is 5.34. The van der Waals surface area contributed by atoms with Crippen LogP contribution in [0.4, 0.5) is 5.88 Å². The monoisotopic (exact) mass is 260 g/mol. The number of likely N-dealkylation sites (tertiary alicyclic amines) is 1. The van der Waals surface area contributed by atoms with Crippen molar-refractivity contribution >= 4 is 24.2 Å². The Hall–Kier alpha value is -1.11. The molecule has 1 unspecified atom stereocenters. The lowest BCUT2D eigenvalue weighted by molar-refractivity contribution is -0.117. The van der Waals surface area contributed by atoms with E-state index in [0.717, 1.165) is 25.2 Å². The molecule has 0 saturated carbocycles. The molecule has 1 fully saturated rings. The first-order valence-corrected chi connectivity index (χ1v) is 5.34. The standard InChI is InChI=1S/C10H16N4O2.ClH/c1-7-4-10(16-13-7)12-9(15)6-14-3-2-8(11)5-14;/h4,8H,2-3,5-6,11H2,1H3,(H,12,15);1H. The van der Waals surface area contributed by atoms with Crippen LogP contribution in [-0.2, 0) is 4.79 Å². The average Bonchev–Trinajstić information content (AvgIpc) is 2.76. The number of carbonyl (C=O) groups is 1. The number of rotatable bonds is 3. The van der Waals surface area contributed by atoms with E-state index in [1.807, 2.05) is 4.90 Å². The lowest BCUT2D eigenvalue weighted by Crippen LogP contribution is -2.33. The minimum Gasteiger partial charge on any atom is -0.338 e. The first-order chi connectivity index (χ1) is 7.63. The quantitative estimate of drug-likeness (QED) is 0.821. The van der Waals surface area contributed by atoms with Crippen LogP contribution in [-0.4, -0.2) is 41.6 Å². The second-order valence-electron chi connectivity index (χ2n) is 4.16. The molecule has 2 heterocycles. The Labute approximate surface area is 106 Å². The number of hydrogen-bond donors (Lipinski definition) is 2. The van der Waals surface area contributed by atoms with Crippen molar-refractivity contribution < 1.29 is 9.32 Å². The summed E-state index contributed by atoms with van der Waals surface area (Å²) in [6, 6.07) is 1.88. The molecule has 0 aromatic carbocycles. The van der Waals surface area contributed by atoms with Crippen LogP contribution in [0.1, 0.15) is 12.1 Å². The molecule has 1 aliphatic rings. The number of halogens is 1. The Morgan fingerprint density at radius 3 is 3.06 bits per heavy atom. The molecule has 2 rings (SSSR count). The van der Waals surface area contributed by atoms with Crippen LogP contribution in [0.2, 0.25) is 0 Å². The predicted molar refractivity (Wildman–Crippen MR) is 66.2 cm³/mol. The zero-order valence-corrected chi connectivity index (χ0v) is 10.5. The maximum Gasteiger partial charge on any atom is 0.240 e. The van der Waals surface area contributed by atoms with Gasteiger partial charge in [-0.2, -0.15) is 0 Å². The Balaban J connectivity index is 0.00000144. The van der Waals surface area contributed by atoms with Crippen molar-refractivity contribution in [1.82, 2.24) is 10.1 Å². The highest BCUT2D eigenvalue weighted by Gasteiger charge is 2.21. The van der Waals surface area contributed by atoms with Gasteiger partial charge in [-0.25, -0.2) is 0 Å². The molecule has 1 aromatic rings. The third kappa shape index (κ3) is 3.99. The maximum absolute atomic E-state index is 11.6. The molecule has 1 aromatic heterocycles. The van der Waals surface area contributed by atoms with Crippen LogP contribution in [0, 0.1) is 6.92 Å². The van der Waals surface area contributed by atoms with Crippen LogP contribution < -0.4 is 11.1 Å². The molecule has 1 saturated heterocycles. The summed E-state index contributed by atoms with van der Waals surface area (Å²) in [7, 11) is 0. The van der Waals surface area contributed by atoms with E-state index in [9.17, 15) is 4.79 Å². The fourth-order valence-electron chi connectivity index (χ4n) is 1.81. The third-order valence-corrected chi connectivity index (χ3v) is 2.57. The highest BCUT2D eigenvalue weighted by Crippen LogP contribution is 2.10. The molecule has 96 valence electrons. The first kappa shape index (κ1) is 14.0. The lowest BCUT2D eigenvalue weighted by atomic mass is 10.3. The van der Waals surface area contributed by atoms with E-state index in [1.165, 1.54) is 0 Å². The summed E-state index contributed by atoms with van der Waals surface area (Å²) in [5.41, 5.74) is 6.50. The predicted octanol–water partition coefficient (Wildman–Crippen LogP) is 0.376. The molecule has 6 nitrogen and oxygen atoms in total. The summed E-state index contributed by atoms with van der Waals surface area (Å²) in [6.07, 6.45) is 0.953. The van der Waals surface area contributed by atoms with Crippen molar-refractivity contribution in [2.24, 2.45) is 5.73 Å². The summed E-state index contributed by atoms with van der Waals surface area (Å²) >= 11 is 0. The SMILES string of the molecule is Cc1cc(NC(=O)CN2CCC(N)C2)on1.Cl. The Bertz CT molecular complexity index is 382. The minimum absolute atomic E-state index is 0. The van der Waals surface area contributed by atoms with Crippen molar-refractivity contribution in [2.75, 3.05) is 25.0 Å². The molecule has 7 heteroatoms. The minimum atomic E-state index is -0.0924. The number of nitrogens with zero attached hydrogens (tertiary/aromatic N) is 2. The highest BCUT2D eigenvalue weighted by atomic mass is 35.5. The van der Waals surface area contributed by atoms with Gasteiger partial charge < -0.3 is 10.3 Å². The molecule has 17 heavy (non-hydrogen) atoms. The summed E-state index contributed by atoms with van der Waals surface area (Å²) in [6.45, 7) is 3.82. The van der Waals surface area contributed by atoms with Gasteiger partial charge in [0.15, 0.2) is 0 Å². The van der Waals surface area contributed by atoms with Crippen molar-refractivity contribution in [3.8, 4) is 0 Å². The fraction of sp³-hybridized carbons (Fsp3) is 0.600. The molecule has 3 N–H and O–H groups in total. The van der Waals surface area contributed by atoms with Gasteiger partial charge in [0.1, 0.15) is 0 Å². The molecule has 1 amide bonds. The largest absolute Gasteiger partial charge is 0.338 e. The van der Waals surface area contributed by atoms with Gasteiger partial charge in [0.25, 0.3) is 0 Å². The average molecular weight is 261 g/mol. The van der Waals surface area contributed by atoms with Gasteiger partial charge >= 0.3 is 0 Å². The molecule has 0 spiro atoms. The van der Waals surface area contributed by atoms with E-state index in [-0.39, 0.29) is 24.4 Å². The van der Waals surface area contributed by atoms with Gasteiger partial charge in [0.2, 0.25) is 11.8 Å². The van der Waals surface area contributed by atoms with Crippen LogP contribution in [0.15, 0.2) is 10.6 Å². The highest BCUT2D eigenvalue weighted by molar-refractivity contribution is 5.90. The van der Waals surface area contributed by atoms with E-state index in [4.69, 9.17) is 10.3 Å². The second-order valence-corrected chi connectivity index (χ2v) is 4.16. The molecule has 1 aliphatic heterocycles.